The first-order chi connectivity index (χ1) is 20.4. The van der Waals surface area contributed by atoms with Crippen molar-refractivity contribution in [1.29, 1.82) is 0 Å². The van der Waals surface area contributed by atoms with Crippen molar-refractivity contribution in [3.05, 3.63) is 156 Å². The second-order valence-corrected chi connectivity index (χ2v) is 9.60. The molecule has 0 fully saturated rings. The molecule has 0 atom stereocenters. The van der Waals surface area contributed by atoms with Gasteiger partial charge in [0, 0.05) is 35.4 Å². The third-order valence-electron chi connectivity index (χ3n) is 6.10. The van der Waals surface area contributed by atoms with E-state index in [0.717, 1.165) is 45.9 Å². The fourth-order valence-electron chi connectivity index (χ4n) is 4.16. The average molecular weight is 560 g/mol. The highest BCUT2D eigenvalue weighted by molar-refractivity contribution is 5.84. The number of para-hydroxylation sites is 1. The summed E-state index contributed by atoms with van der Waals surface area (Å²) < 4.78 is 10.8. The normalized spacial score (nSPS) is 12.7. The molecule has 1 aliphatic rings. The van der Waals surface area contributed by atoms with Crippen LogP contribution in [0.15, 0.2) is 145 Å². The predicted molar refractivity (Wildman–Crippen MR) is 172 cm³/mol. The summed E-state index contributed by atoms with van der Waals surface area (Å²) in [6.07, 6.45) is 20.1. The van der Waals surface area contributed by atoms with Gasteiger partial charge in [0.1, 0.15) is 12.4 Å². The SMILES string of the molecule is C=CC(=O)OC/C=C(\C=C/C(C)C)C(=C=C/C=C\C)N(c1ccccc1)c1cccc2c1C=CC=C(OC(=O)C=C)C2. The maximum atomic E-state index is 11.9. The van der Waals surface area contributed by atoms with Crippen molar-refractivity contribution in [1.82, 2.24) is 0 Å². The monoisotopic (exact) mass is 559 g/mol. The Morgan fingerprint density at radius 1 is 1.05 bits per heavy atom. The Morgan fingerprint density at radius 2 is 1.81 bits per heavy atom. The molecule has 0 unspecified atom stereocenters. The molecule has 0 spiro atoms. The van der Waals surface area contributed by atoms with Crippen LogP contribution in [0.5, 0.6) is 0 Å². The number of carbonyl (C=O) groups is 2. The zero-order valence-corrected chi connectivity index (χ0v) is 24.5. The summed E-state index contributed by atoms with van der Waals surface area (Å²) in [6.45, 7) is 13.2. The van der Waals surface area contributed by atoms with Crippen molar-refractivity contribution in [2.24, 2.45) is 5.92 Å². The molecule has 5 heteroatoms. The molecule has 0 amide bonds. The van der Waals surface area contributed by atoms with E-state index in [9.17, 15) is 9.59 Å². The van der Waals surface area contributed by atoms with Gasteiger partial charge in [0.2, 0.25) is 0 Å². The summed E-state index contributed by atoms with van der Waals surface area (Å²) in [7, 11) is 0. The number of esters is 2. The van der Waals surface area contributed by atoms with Gasteiger partial charge in [-0.15, -0.1) is 0 Å². The molecule has 0 aliphatic heterocycles. The number of fused-ring (bicyclic) bond motifs is 1. The standard InChI is InChI=1S/C37H37NO4/c1-6-9-11-21-34(29(24-23-28(4)5)25-26-41-36(39)7-2)38(31-17-12-10-13-18-31)35-22-14-16-30-27-32(42-37(40)8-3)19-15-20-33(30)35/h6-20,22-25,28H,2-3,26-27H2,1,4-5H3/b9-6-,24-23-,29-25+. The van der Waals surface area contributed by atoms with Gasteiger partial charge in [-0.3, -0.25) is 0 Å². The largest absolute Gasteiger partial charge is 0.458 e. The topological polar surface area (TPSA) is 55.8 Å². The van der Waals surface area contributed by atoms with Crippen molar-refractivity contribution in [3.8, 4) is 0 Å². The van der Waals surface area contributed by atoms with Gasteiger partial charge in [0.15, 0.2) is 0 Å². The Balaban J connectivity index is 2.27. The fourth-order valence-corrected chi connectivity index (χ4v) is 4.16. The van der Waals surface area contributed by atoms with E-state index in [-0.39, 0.29) is 12.5 Å². The molecule has 0 saturated heterocycles. The molecular formula is C37H37NO4. The van der Waals surface area contributed by atoms with Crippen LogP contribution < -0.4 is 4.90 Å². The van der Waals surface area contributed by atoms with Gasteiger partial charge in [-0.25, -0.2) is 9.59 Å². The molecule has 0 aromatic heterocycles. The highest BCUT2D eigenvalue weighted by Gasteiger charge is 2.22. The van der Waals surface area contributed by atoms with Crippen LogP contribution in [0.1, 0.15) is 31.9 Å². The molecule has 0 bridgehead atoms. The number of ether oxygens (including phenoxy) is 2. The molecule has 0 heterocycles. The van der Waals surface area contributed by atoms with Crippen molar-refractivity contribution in [3.63, 3.8) is 0 Å². The van der Waals surface area contributed by atoms with Gasteiger partial charge in [-0.2, -0.15) is 0 Å². The van der Waals surface area contributed by atoms with Gasteiger partial charge in [-0.1, -0.05) is 99.5 Å². The molecule has 0 saturated carbocycles. The maximum Gasteiger partial charge on any atom is 0.335 e. The Labute approximate surface area is 249 Å². The lowest BCUT2D eigenvalue weighted by atomic mass is 9.99. The Bertz CT molecular complexity index is 1510. The van der Waals surface area contributed by atoms with Gasteiger partial charge in [-0.05, 0) is 54.8 Å². The lowest BCUT2D eigenvalue weighted by Crippen LogP contribution is -2.19. The predicted octanol–water partition coefficient (Wildman–Crippen LogP) is 8.49. The maximum absolute atomic E-state index is 11.9. The lowest BCUT2D eigenvalue weighted by Gasteiger charge is -2.30. The molecule has 1 aliphatic carbocycles. The number of nitrogens with zero attached hydrogens (tertiary/aromatic N) is 1. The average Bonchev–Trinajstić information content (AvgIpc) is 3.20. The summed E-state index contributed by atoms with van der Waals surface area (Å²) >= 11 is 0. The first-order valence-corrected chi connectivity index (χ1v) is 13.8. The molecular weight excluding hydrogens is 522 g/mol. The Kier molecular flexibility index (Phi) is 12.1. The van der Waals surface area contributed by atoms with E-state index in [2.05, 4.69) is 49.8 Å². The molecule has 3 rings (SSSR count). The molecule has 42 heavy (non-hydrogen) atoms. The van der Waals surface area contributed by atoms with Crippen molar-refractivity contribution in [2.75, 3.05) is 11.5 Å². The van der Waals surface area contributed by atoms with Crippen molar-refractivity contribution >= 4 is 29.4 Å². The summed E-state index contributed by atoms with van der Waals surface area (Å²) in [4.78, 5) is 25.9. The van der Waals surface area contributed by atoms with Crippen molar-refractivity contribution in [2.45, 2.75) is 27.2 Å². The van der Waals surface area contributed by atoms with Gasteiger partial charge < -0.3 is 14.4 Å². The van der Waals surface area contributed by atoms with Crippen LogP contribution in [0.2, 0.25) is 0 Å². The second-order valence-electron chi connectivity index (χ2n) is 9.60. The third-order valence-corrected chi connectivity index (χ3v) is 6.10. The Morgan fingerprint density at radius 3 is 2.50 bits per heavy atom. The summed E-state index contributed by atoms with van der Waals surface area (Å²) in [6, 6.07) is 16.1. The number of rotatable bonds is 12. The van der Waals surface area contributed by atoms with E-state index >= 15 is 0 Å². The molecule has 0 radical (unpaired) electrons. The highest BCUT2D eigenvalue weighted by atomic mass is 16.5. The van der Waals surface area contributed by atoms with E-state index in [1.165, 1.54) is 0 Å². The summed E-state index contributed by atoms with van der Waals surface area (Å²) in [5.41, 5.74) is 8.84. The number of hydrogen-bond donors (Lipinski definition) is 0. The van der Waals surface area contributed by atoms with Crippen LogP contribution in [0, 0.1) is 5.92 Å². The van der Waals surface area contributed by atoms with Gasteiger partial charge >= 0.3 is 11.9 Å². The Hall–Kier alpha value is -5.12. The molecule has 2 aromatic carbocycles. The number of anilines is 2. The van der Waals surface area contributed by atoms with Gasteiger partial charge in [0.05, 0.1) is 11.4 Å². The minimum absolute atomic E-state index is 0.0643. The van der Waals surface area contributed by atoms with Crippen molar-refractivity contribution < 1.29 is 19.1 Å². The smallest absolute Gasteiger partial charge is 0.335 e. The molecule has 2 aromatic rings. The minimum atomic E-state index is -0.497. The van der Waals surface area contributed by atoms with E-state index in [0.29, 0.717) is 12.2 Å². The van der Waals surface area contributed by atoms with Crippen LogP contribution >= 0.6 is 0 Å². The van der Waals surface area contributed by atoms with E-state index in [1.807, 2.05) is 91.9 Å². The van der Waals surface area contributed by atoms with Crippen LogP contribution in [-0.2, 0) is 25.5 Å². The third kappa shape index (κ3) is 8.95. The summed E-state index contributed by atoms with van der Waals surface area (Å²) in [5, 5.41) is 0. The number of carbonyl (C=O) groups excluding carboxylic acids is 2. The number of hydrogen-bond acceptors (Lipinski definition) is 5. The quantitative estimate of drug-likeness (QED) is 0.113. The van der Waals surface area contributed by atoms with Crippen LogP contribution in [0.25, 0.3) is 6.08 Å². The van der Waals surface area contributed by atoms with Crippen LogP contribution in [0.3, 0.4) is 0 Å². The minimum Gasteiger partial charge on any atom is -0.458 e. The van der Waals surface area contributed by atoms with E-state index in [1.54, 1.807) is 6.08 Å². The number of benzene rings is 2. The summed E-state index contributed by atoms with van der Waals surface area (Å²) in [5.74, 6) is -0.170. The van der Waals surface area contributed by atoms with Gasteiger partial charge in [0.25, 0.3) is 0 Å². The second kappa shape index (κ2) is 16.2. The fraction of sp³-hybridized carbons (Fsp3) is 0.162. The van der Waals surface area contributed by atoms with Crippen LogP contribution in [-0.4, -0.2) is 18.5 Å². The zero-order chi connectivity index (χ0) is 30.3. The molecule has 5 nitrogen and oxygen atoms in total. The highest BCUT2D eigenvalue weighted by Crippen LogP contribution is 2.38. The number of allylic oxidation sites excluding steroid dienone is 7. The first kappa shape index (κ1) is 31.4. The molecule has 0 N–H and O–H groups in total. The molecule has 214 valence electrons. The van der Waals surface area contributed by atoms with E-state index in [4.69, 9.17) is 9.47 Å². The lowest BCUT2D eigenvalue weighted by molar-refractivity contribution is -0.136. The first-order valence-electron chi connectivity index (χ1n) is 13.8. The van der Waals surface area contributed by atoms with E-state index < -0.39 is 11.9 Å². The zero-order valence-electron chi connectivity index (χ0n) is 24.5. The van der Waals surface area contributed by atoms with Crippen LogP contribution in [0.4, 0.5) is 11.4 Å².